The average molecular weight is 518 g/mol. The molecule has 0 atom stereocenters. The van der Waals surface area contributed by atoms with Gasteiger partial charge >= 0.3 is 0 Å². The van der Waals surface area contributed by atoms with Crippen molar-refractivity contribution >= 4 is 55.1 Å². The minimum atomic E-state index is 0.861. The van der Waals surface area contributed by atoms with E-state index >= 15 is 0 Å². The summed E-state index contributed by atoms with van der Waals surface area (Å²) >= 11 is 0. The van der Waals surface area contributed by atoms with E-state index in [0.717, 1.165) is 35.6 Å². The number of rotatable bonds is 5. The van der Waals surface area contributed by atoms with Crippen LogP contribution in [0.1, 0.15) is 32.3 Å². The van der Waals surface area contributed by atoms with Gasteiger partial charge in [-0.15, -0.1) is 0 Å². The molecular weight excluding hydrogens is 486 g/mol. The fourth-order valence-corrected chi connectivity index (χ4v) is 6.10. The average Bonchev–Trinajstić information content (AvgIpc) is 3.53. The highest BCUT2D eigenvalue weighted by molar-refractivity contribution is 6.26. The largest absolute Gasteiger partial charge is 0.307 e. The Morgan fingerprint density at radius 1 is 0.625 bits per heavy atom. The molecule has 40 heavy (non-hydrogen) atoms. The summed E-state index contributed by atoms with van der Waals surface area (Å²) in [4.78, 5) is 5.39. The predicted octanol–water partition coefficient (Wildman–Crippen LogP) is 10.00. The van der Waals surface area contributed by atoms with E-state index < -0.39 is 0 Å². The Labute approximate surface area is 234 Å². The third-order valence-electron chi connectivity index (χ3n) is 7.81. The van der Waals surface area contributed by atoms with Gasteiger partial charge in [0.25, 0.3) is 0 Å². The minimum absolute atomic E-state index is 0.861. The quantitative estimate of drug-likeness (QED) is 0.160. The SMILES string of the molecule is C/C=C(\N=C(CCC)n1c2ccccc2c2ccc3c4ccccc4n(-c4ccccc4)c3c21)c1ccccc1. The molecule has 0 saturated carbocycles. The van der Waals surface area contributed by atoms with E-state index in [1.165, 1.54) is 43.6 Å². The number of para-hydroxylation sites is 3. The Morgan fingerprint density at radius 2 is 1.20 bits per heavy atom. The molecule has 5 aromatic carbocycles. The zero-order valence-electron chi connectivity index (χ0n) is 22.9. The molecule has 0 aliphatic carbocycles. The number of hydrogen-bond acceptors (Lipinski definition) is 1. The van der Waals surface area contributed by atoms with Crippen molar-refractivity contribution in [2.75, 3.05) is 0 Å². The van der Waals surface area contributed by atoms with Gasteiger partial charge in [0, 0.05) is 33.7 Å². The lowest BCUT2D eigenvalue weighted by atomic mass is 10.1. The third kappa shape index (κ3) is 3.77. The Balaban J connectivity index is 1.67. The molecule has 7 aromatic rings. The van der Waals surface area contributed by atoms with Gasteiger partial charge in [0.05, 0.1) is 27.8 Å². The molecule has 0 aliphatic rings. The highest BCUT2D eigenvalue weighted by atomic mass is 15.1. The maximum absolute atomic E-state index is 5.39. The van der Waals surface area contributed by atoms with E-state index in [0.29, 0.717) is 0 Å². The number of benzene rings is 5. The molecule has 0 fully saturated rings. The Kier molecular flexibility index (Phi) is 6.05. The molecule has 0 aliphatic heterocycles. The van der Waals surface area contributed by atoms with E-state index in [9.17, 15) is 0 Å². The minimum Gasteiger partial charge on any atom is -0.307 e. The lowest BCUT2D eigenvalue weighted by molar-refractivity contribution is 0.958. The van der Waals surface area contributed by atoms with Gasteiger partial charge in [-0.1, -0.05) is 110 Å². The van der Waals surface area contributed by atoms with E-state index in [1.807, 2.05) is 0 Å². The van der Waals surface area contributed by atoms with Crippen LogP contribution in [0.15, 0.2) is 132 Å². The molecule has 3 nitrogen and oxygen atoms in total. The van der Waals surface area contributed by atoms with Crippen molar-refractivity contribution in [3.8, 4) is 5.69 Å². The fourth-order valence-electron chi connectivity index (χ4n) is 6.10. The highest BCUT2D eigenvalue weighted by Crippen LogP contribution is 2.40. The summed E-state index contributed by atoms with van der Waals surface area (Å²) in [5.74, 6) is 1.06. The summed E-state index contributed by atoms with van der Waals surface area (Å²) in [6.45, 7) is 4.31. The fraction of sp³-hybridized carbons (Fsp3) is 0.108. The molecule has 0 N–H and O–H groups in total. The maximum Gasteiger partial charge on any atom is 0.114 e. The molecule has 0 amide bonds. The van der Waals surface area contributed by atoms with E-state index in [1.54, 1.807) is 0 Å². The molecule has 0 bridgehead atoms. The van der Waals surface area contributed by atoms with Crippen molar-refractivity contribution in [1.29, 1.82) is 0 Å². The summed E-state index contributed by atoms with van der Waals surface area (Å²) in [6.07, 6.45) is 3.98. The van der Waals surface area contributed by atoms with Crippen molar-refractivity contribution in [2.45, 2.75) is 26.7 Å². The van der Waals surface area contributed by atoms with Gasteiger partial charge < -0.3 is 4.57 Å². The first-order chi connectivity index (χ1) is 19.8. The lowest BCUT2D eigenvalue weighted by Crippen LogP contribution is -2.12. The second-order valence-electron chi connectivity index (χ2n) is 10.2. The highest BCUT2D eigenvalue weighted by Gasteiger charge is 2.22. The molecule has 0 radical (unpaired) electrons. The first kappa shape index (κ1) is 24.2. The maximum atomic E-state index is 5.39. The Hall–Kier alpha value is -4.89. The van der Waals surface area contributed by atoms with Crippen molar-refractivity contribution in [2.24, 2.45) is 4.99 Å². The summed E-state index contributed by atoms with van der Waals surface area (Å²) in [5, 5.41) is 5.00. The van der Waals surface area contributed by atoms with Crippen LogP contribution in [-0.2, 0) is 0 Å². The summed E-state index contributed by atoms with van der Waals surface area (Å²) < 4.78 is 4.86. The van der Waals surface area contributed by atoms with Crippen molar-refractivity contribution in [1.82, 2.24) is 9.13 Å². The predicted molar refractivity (Wildman–Crippen MR) is 172 cm³/mol. The van der Waals surface area contributed by atoms with Gasteiger partial charge in [-0.3, -0.25) is 4.57 Å². The van der Waals surface area contributed by atoms with Crippen LogP contribution in [-0.4, -0.2) is 15.0 Å². The van der Waals surface area contributed by atoms with Gasteiger partial charge in [0.15, 0.2) is 0 Å². The van der Waals surface area contributed by atoms with E-state index in [4.69, 9.17) is 4.99 Å². The van der Waals surface area contributed by atoms with Crippen LogP contribution < -0.4 is 0 Å². The number of allylic oxidation sites excluding steroid dienone is 1. The van der Waals surface area contributed by atoms with Crippen LogP contribution >= 0.6 is 0 Å². The zero-order chi connectivity index (χ0) is 27.1. The summed E-state index contributed by atoms with van der Waals surface area (Å²) in [7, 11) is 0. The van der Waals surface area contributed by atoms with Crippen LogP contribution in [0.2, 0.25) is 0 Å². The number of nitrogens with zero attached hydrogens (tertiary/aromatic N) is 3. The number of aromatic nitrogens is 2. The molecule has 2 heterocycles. The molecule has 194 valence electrons. The van der Waals surface area contributed by atoms with E-state index in [-0.39, 0.29) is 0 Å². The topological polar surface area (TPSA) is 22.2 Å². The molecular formula is C37H31N3. The molecule has 0 spiro atoms. The zero-order valence-corrected chi connectivity index (χ0v) is 22.9. The van der Waals surface area contributed by atoms with Crippen molar-refractivity contribution < 1.29 is 0 Å². The van der Waals surface area contributed by atoms with Crippen LogP contribution in [0.25, 0.3) is 55.0 Å². The van der Waals surface area contributed by atoms with Gasteiger partial charge in [-0.05, 0) is 43.2 Å². The second-order valence-corrected chi connectivity index (χ2v) is 10.2. The monoisotopic (exact) mass is 517 g/mol. The molecule has 7 rings (SSSR count). The summed E-state index contributed by atoms with van der Waals surface area (Å²) in [5.41, 5.74) is 8.09. The second kappa shape index (κ2) is 10.0. The van der Waals surface area contributed by atoms with Crippen LogP contribution in [0.5, 0.6) is 0 Å². The van der Waals surface area contributed by atoms with Gasteiger partial charge in [-0.2, -0.15) is 0 Å². The lowest BCUT2D eigenvalue weighted by Gasteiger charge is -2.15. The van der Waals surface area contributed by atoms with Crippen LogP contribution in [0, 0.1) is 0 Å². The Morgan fingerprint density at radius 3 is 1.88 bits per heavy atom. The first-order valence-corrected chi connectivity index (χ1v) is 14.1. The van der Waals surface area contributed by atoms with Gasteiger partial charge in [0.2, 0.25) is 0 Å². The van der Waals surface area contributed by atoms with Crippen LogP contribution in [0.4, 0.5) is 0 Å². The van der Waals surface area contributed by atoms with Crippen molar-refractivity contribution in [3.63, 3.8) is 0 Å². The van der Waals surface area contributed by atoms with Crippen molar-refractivity contribution in [3.05, 3.63) is 133 Å². The normalized spacial score (nSPS) is 12.8. The smallest absolute Gasteiger partial charge is 0.114 e. The number of hydrogen-bond donors (Lipinski definition) is 0. The first-order valence-electron chi connectivity index (χ1n) is 14.1. The molecule has 0 saturated heterocycles. The number of aliphatic imine (C=N–C) groups is 1. The summed E-state index contributed by atoms with van der Waals surface area (Å²) in [6, 6.07) is 43.3. The van der Waals surface area contributed by atoms with Gasteiger partial charge in [0.1, 0.15) is 5.84 Å². The van der Waals surface area contributed by atoms with Crippen LogP contribution in [0.3, 0.4) is 0 Å². The number of fused-ring (bicyclic) bond motifs is 7. The van der Waals surface area contributed by atoms with E-state index in [2.05, 4.69) is 150 Å². The molecule has 2 aromatic heterocycles. The third-order valence-corrected chi connectivity index (χ3v) is 7.81. The molecule has 3 heteroatoms. The standard InChI is InChI=1S/C37H31N3/c1-3-15-35(38-32(4-2)26-16-7-5-8-17-26)40-34-23-14-12-21-29(34)31-25-24-30-28-20-11-13-22-33(28)39(36(30)37(31)40)27-18-9-6-10-19-27/h4-14,16-25H,3,15H2,1-2H3/b32-4-,38-35?. The molecule has 0 unspecified atom stereocenters. The van der Waals surface area contributed by atoms with Gasteiger partial charge in [-0.25, -0.2) is 4.99 Å². The Bertz CT molecular complexity index is 2060.